The fourth-order valence-corrected chi connectivity index (χ4v) is 2.68. The summed E-state index contributed by atoms with van der Waals surface area (Å²) in [6, 6.07) is 5.33. The highest BCUT2D eigenvalue weighted by atomic mass is 16.1. The van der Waals surface area contributed by atoms with Crippen LogP contribution in [-0.2, 0) is 6.54 Å². The predicted octanol–water partition coefficient (Wildman–Crippen LogP) is 0.205. The first-order valence-corrected chi connectivity index (χ1v) is 7.60. The van der Waals surface area contributed by atoms with Gasteiger partial charge in [-0.25, -0.2) is 0 Å². The van der Waals surface area contributed by atoms with Crippen molar-refractivity contribution in [3.8, 4) is 0 Å². The second-order valence-corrected chi connectivity index (χ2v) is 5.41. The van der Waals surface area contributed by atoms with E-state index in [1.165, 1.54) is 13.0 Å². The molecule has 1 aromatic rings. The van der Waals surface area contributed by atoms with E-state index >= 15 is 0 Å². The number of hydrogen-bond donors (Lipinski definition) is 1. The maximum Gasteiger partial charge on any atom is 0.250 e. The summed E-state index contributed by atoms with van der Waals surface area (Å²) in [6.07, 6.45) is 4.15. The molecule has 2 N–H and O–H groups in total. The third-order valence-electron chi connectivity index (χ3n) is 3.92. The Kier molecular flexibility index (Phi) is 6.24. The Morgan fingerprint density at radius 2 is 1.75 bits per heavy atom. The Morgan fingerprint density at radius 1 is 1.00 bits per heavy atom. The first-order valence-electron chi connectivity index (χ1n) is 7.60. The van der Waals surface area contributed by atoms with Crippen molar-refractivity contribution in [2.24, 2.45) is 5.73 Å². The number of rotatable bonds is 6. The normalized spacial score (nSPS) is 18.1. The van der Waals surface area contributed by atoms with Crippen LogP contribution in [0.25, 0.3) is 0 Å². The smallest absolute Gasteiger partial charge is 0.250 e. The lowest BCUT2D eigenvalue weighted by atomic mass is 10.3. The number of aromatic nitrogens is 1. The first-order chi connectivity index (χ1) is 9.79. The van der Waals surface area contributed by atoms with Gasteiger partial charge in [0.25, 0.3) is 5.56 Å². The van der Waals surface area contributed by atoms with Gasteiger partial charge in [0.1, 0.15) is 0 Å². The molecule has 0 saturated carbocycles. The van der Waals surface area contributed by atoms with Crippen LogP contribution in [0.15, 0.2) is 29.2 Å². The van der Waals surface area contributed by atoms with Gasteiger partial charge in [0, 0.05) is 38.4 Å². The quantitative estimate of drug-likeness (QED) is 0.808. The molecule has 0 spiro atoms. The van der Waals surface area contributed by atoms with Crippen LogP contribution in [0.3, 0.4) is 0 Å². The summed E-state index contributed by atoms with van der Waals surface area (Å²) in [6.45, 7) is 8.12. The molecule has 5 nitrogen and oxygen atoms in total. The number of hydrogen-bond acceptors (Lipinski definition) is 4. The predicted molar refractivity (Wildman–Crippen MR) is 81.9 cm³/mol. The highest BCUT2D eigenvalue weighted by Gasteiger charge is 2.14. The number of nitrogens with zero attached hydrogens (tertiary/aromatic N) is 3. The molecule has 2 rings (SSSR count). The molecule has 1 aromatic heterocycles. The minimum absolute atomic E-state index is 0.0897. The number of pyridine rings is 1. The largest absolute Gasteiger partial charge is 0.330 e. The average molecular weight is 278 g/mol. The lowest BCUT2D eigenvalue weighted by Crippen LogP contribution is -2.34. The van der Waals surface area contributed by atoms with E-state index in [1.807, 2.05) is 12.3 Å². The molecular formula is C15H26N4O. The fraction of sp³-hybridized carbons (Fsp3) is 0.667. The molecule has 0 atom stereocenters. The molecule has 0 bridgehead atoms. The zero-order valence-corrected chi connectivity index (χ0v) is 12.2. The Morgan fingerprint density at radius 3 is 2.45 bits per heavy atom. The third-order valence-corrected chi connectivity index (χ3v) is 3.92. The van der Waals surface area contributed by atoms with E-state index in [1.54, 1.807) is 16.7 Å². The molecule has 0 amide bonds. The fourth-order valence-electron chi connectivity index (χ4n) is 2.68. The molecule has 112 valence electrons. The van der Waals surface area contributed by atoms with E-state index in [-0.39, 0.29) is 5.56 Å². The molecule has 1 aliphatic heterocycles. The molecule has 0 aliphatic carbocycles. The summed E-state index contributed by atoms with van der Waals surface area (Å²) in [7, 11) is 0. The van der Waals surface area contributed by atoms with Crippen molar-refractivity contribution in [3.63, 3.8) is 0 Å². The summed E-state index contributed by atoms with van der Waals surface area (Å²) in [4.78, 5) is 16.6. The van der Waals surface area contributed by atoms with Gasteiger partial charge in [0.2, 0.25) is 0 Å². The molecule has 1 saturated heterocycles. The standard InChI is InChI=1S/C15H26N4O/c16-6-3-7-17-8-4-9-18(12-11-17)13-14-19-10-2-1-5-15(19)20/h1-2,5,10H,3-4,6-9,11-14,16H2. The Balaban J connectivity index is 1.77. The Hall–Kier alpha value is -1.17. The van der Waals surface area contributed by atoms with Gasteiger partial charge < -0.3 is 20.1 Å². The van der Waals surface area contributed by atoms with Crippen LogP contribution in [0.1, 0.15) is 12.8 Å². The Labute approximate surface area is 121 Å². The second-order valence-electron chi connectivity index (χ2n) is 5.41. The number of nitrogens with two attached hydrogens (primary N) is 1. The minimum Gasteiger partial charge on any atom is -0.330 e. The van der Waals surface area contributed by atoms with Gasteiger partial charge in [-0.1, -0.05) is 6.07 Å². The van der Waals surface area contributed by atoms with E-state index in [2.05, 4.69) is 9.80 Å². The third kappa shape index (κ3) is 4.74. The topological polar surface area (TPSA) is 54.5 Å². The molecule has 0 unspecified atom stereocenters. The van der Waals surface area contributed by atoms with Crippen molar-refractivity contribution in [1.82, 2.24) is 14.4 Å². The lowest BCUT2D eigenvalue weighted by molar-refractivity contribution is 0.249. The van der Waals surface area contributed by atoms with Crippen LogP contribution >= 0.6 is 0 Å². The molecule has 0 radical (unpaired) electrons. The van der Waals surface area contributed by atoms with E-state index in [4.69, 9.17) is 5.73 Å². The zero-order valence-electron chi connectivity index (χ0n) is 12.2. The molecular weight excluding hydrogens is 252 g/mol. The summed E-state index contributed by atoms with van der Waals surface area (Å²) in [5.41, 5.74) is 5.66. The highest BCUT2D eigenvalue weighted by Crippen LogP contribution is 2.03. The summed E-state index contributed by atoms with van der Waals surface area (Å²) in [5.74, 6) is 0. The summed E-state index contributed by atoms with van der Waals surface area (Å²) in [5, 5.41) is 0. The SMILES string of the molecule is NCCCN1CCCN(CCn2ccccc2=O)CC1. The van der Waals surface area contributed by atoms with Crippen molar-refractivity contribution in [2.45, 2.75) is 19.4 Å². The molecule has 1 fully saturated rings. The van der Waals surface area contributed by atoms with Crippen LogP contribution in [-0.4, -0.2) is 60.2 Å². The highest BCUT2D eigenvalue weighted by molar-refractivity contribution is 4.93. The van der Waals surface area contributed by atoms with Crippen LogP contribution < -0.4 is 11.3 Å². The van der Waals surface area contributed by atoms with Crippen molar-refractivity contribution >= 4 is 0 Å². The maximum atomic E-state index is 11.7. The van der Waals surface area contributed by atoms with Crippen LogP contribution in [0.4, 0.5) is 0 Å². The van der Waals surface area contributed by atoms with Gasteiger partial charge in [-0.2, -0.15) is 0 Å². The van der Waals surface area contributed by atoms with Crippen molar-refractivity contribution < 1.29 is 0 Å². The zero-order chi connectivity index (χ0) is 14.2. The van der Waals surface area contributed by atoms with Gasteiger partial charge in [-0.15, -0.1) is 0 Å². The van der Waals surface area contributed by atoms with Crippen LogP contribution in [0.2, 0.25) is 0 Å². The van der Waals surface area contributed by atoms with Gasteiger partial charge in [0.05, 0.1) is 0 Å². The van der Waals surface area contributed by atoms with Gasteiger partial charge in [-0.3, -0.25) is 4.79 Å². The average Bonchev–Trinajstić information content (AvgIpc) is 2.69. The minimum atomic E-state index is 0.0897. The monoisotopic (exact) mass is 278 g/mol. The van der Waals surface area contributed by atoms with E-state index in [0.717, 1.165) is 52.2 Å². The molecule has 5 heteroatoms. The van der Waals surface area contributed by atoms with Crippen LogP contribution in [0, 0.1) is 0 Å². The second kappa shape index (κ2) is 8.19. The van der Waals surface area contributed by atoms with Gasteiger partial charge in [0.15, 0.2) is 0 Å². The molecule has 20 heavy (non-hydrogen) atoms. The molecule has 0 aromatic carbocycles. The van der Waals surface area contributed by atoms with Crippen molar-refractivity contribution in [2.75, 3.05) is 45.8 Å². The Bertz CT molecular complexity index is 445. The van der Waals surface area contributed by atoms with E-state index in [9.17, 15) is 4.79 Å². The van der Waals surface area contributed by atoms with Gasteiger partial charge >= 0.3 is 0 Å². The van der Waals surface area contributed by atoms with Crippen molar-refractivity contribution in [1.29, 1.82) is 0 Å². The maximum absolute atomic E-state index is 11.7. The molecule has 1 aliphatic rings. The summed E-state index contributed by atoms with van der Waals surface area (Å²) < 4.78 is 1.79. The van der Waals surface area contributed by atoms with Gasteiger partial charge in [-0.05, 0) is 45.1 Å². The van der Waals surface area contributed by atoms with E-state index in [0.29, 0.717) is 0 Å². The summed E-state index contributed by atoms with van der Waals surface area (Å²) >= 11 is 0. The lowest BCUT2D eigenvalue weighted by Gasteiger charge is -2.21. The first kappa shape index (κ1) is 15.2. The van der Waals surface area contributed by atoms with Crippen LogP contribution in [0.5, 0.6) is 0 Å². The molecule has 2 heterocycles. The van der Waals surface area contributed by atoms with E-state index < -0.39 is 0 Å². The van der Waals surface area contributed by atoms with Crippen molar-refractivity contribution in [3.05, 3.63) is 34.7 Å².